The number of hydrazine groups is 1. The summed E-state index contributed by atoms with van der Waals surface area (Å²) in [7, 11) is 0. The Bertz CT molecular complexity index is 724. The molecule has 0 bridgehead atoms. The molecule has 0 amide bonds. The maximum atomic E-state index is 6.16. The van der Waals surface area contributed by atoms with E-state index in [0.717, 1.165) is 26.1 Å². The molecule has 0 radical (unpaired) electrons. The van der Waals surface area contributed by atoms with E-state index in [-0.39, 0.29) is 6.04 Å². The van der Waals surface area contributed by atoms with Gasteiger partial charge in [-0.25, -0.2) is 5.43 Å². The highest BCUT2D eigenvalue weighted by Crippen LogP contribution is 2.36. The van der Waals surface area contributed by atoms with Crippen molar-refractivity contribution in [2.75, 3.05) is 0 Å². The molecule has 98 valence electrons. The average Bonchev–Trinajstić information content (AvgIpc) is 2.99. The summed E-state index contributed by atoms with van der Waals surface area (Å²) < 4.78 is 6.81. The van der Waals surface area contributed by atoms with Crippen molar-refractivity contribution >= 4 is 49.8 Å². The normalized spacial score (nSPS) is 13.0. The molecule has 3 rings (SSSR count). The SMILES string of the molecule is NNC(c1cc2cccc(Br)c2o1)c1sccc1Cl. The maximum Gasteiger partial charge on any atom is 0.148 e. The van der Waals surface area contributed by atoms with Gasteiger partial charge in [0.1, 0.15) is 17.4 Å². The van der Waals surface area contributed by atoms with Crippen LogP contribution in [0, 0.1) is 0 Å². The van der Waals surface area contributed by atoms with E-state index in [2.05, 4.69) is 21.4 Å². The van der Waals surface area contributed by atoms with Crippen molar-refractivity contribution in [2.45, 2.75) is 6.04 Å². The molecule has 6 heteroatoms. The highest BCUT2D eigenvalue weighted by molar-refractivity contribution is 9.10. The average molecular weight is 358 g/mol. The smallest absolute Gasteiger partial charge is 0.148 e. The molecule has 0 saturated carbocycles. The van der Waals surface area contributed by atoms with Crippen LogP contribution in [0.1, 0.15) is 16.7 Å². The molecule has 0 aliphatic rings. The van der Waals surface area contributed by atoms with Crippen molar-refractivity contribution in [3.63, 3.8) is 0 Å². The maximum absolute atomic E-state index is 6.16. The fourth-order valence-corrected chi connectivity index (χ4v) is 3.68. The third kappa shape index (κ3) is 2.32. The lowest BCUT2D eigenvalue weighted by molar-refractivity contribution is 0.480. The van der Waals surface area contributed by atoms with Crippen LogP contribution < -0.4 is 11.3 Å². The van der Waals surface area contributed by atoms with Gasteiger partial charge in [0.2, 0.25) is 0 Å². The quantitative estimate of drug-likeness (QED) is 0.537. The predicted octanol–water partition coefficient (Wildman–Crippen LogP) is 4.46. The molecule has 3 N–H and O–H groups in total. The molecule has 1 unspecified atom stereocenters. The Balaban J connectivity index is 2.12. The molecule has 2 aromatic heterocycles. The van der Waals surface area contributed by atoms with Crippen molar-refractivity contribution in [3.8, 4) is 0 Å². The minimum atomic E-state index is -0.244. The predicted molar refractivity (Wildman–Crippen MR) is 82.4 cm³/mol. The number of thiophene rings is 1. The van der Waals surface area contributed by atoms with E-state index in [1.165, 1.54) is 0 Å². The number of benzene rings is 1. The molecular formula is C13H10BrClN2OS. The Kier molecular flexibility index (Phi) is 3.64. The Hall–Kier alpha value is -0.850. The number of fused-ring (bicyclic) bond motifs is 1. The zero-order valence-corrected chi connectivity index (χ0v) is 12.8. The topological polar surface area (TPSA) is 51.2 Å². The second-order valence-corrected chi connectivity index (χ2v) is 6.25. The van der Waals surface area contributed by atoms with E-state index >= 15 is 0 Å². The summed E-state index contributed by atoms with van der Waals surface area (Å²) in [5.74, 6) is 6.40. The number of hydrogen-bond acceptors (Lipinski definition) is 4. The van der Waals surface area contributed by atoms with E-state index < -0.39 is 0 Å². The van der Waals surface area contributed by atoms with Gasteiger partial charge in [0.15, 0.2) is 0 Å². The molecule has 2 heterocycles. The van der Waals surface area contributed by atoms with Crippen LogP contribution in [0.25, 0.3) is 11.0 Å². The van der Waals surface area contributed by atoms with E-state index in [9.17, 15) is 0 Å². The van der Waals surface area contributed by atoms with Crippen LogP contribution in [0.4, 0.5) is 0 Å². The Labute approximate surface area is 127 Å². The highest BCUT2D eigenvalue weighted by Gasteiger charge is 2.21. The van der Waals surface area contributed by atoms with Crippen LogP contribution in [0.3, 0.4) is 0 Å². The van der Waals surface area contributed by atoms with Crippen LogP contribution >= 0.6 is 38.9 Å². The third-order valence-corrected chi connectivity index (χ3v) is 4.92. The lowest BCUT2D eigenvalue weighted by Gasteiger charge is -2.11. The number of nitrogens with one attached hydrogen (secondary N) is 1. The first-order valence-electron chi connectivity index (χ1n) is 5.57. The number of hydrogen-bond donors (Lipinski definition) is 2. The van der Waals surface area contributed by atoms with Crippen LogP contribution in [-0.4, -0.2) is 0 Å². The summed E-state index contributed by atoms with van der Waals surface area (Å²) in [5.41, 5.74) is 3.57. The van der Waals surface area contributed by atoms with Gasteiger partial charge in [0.05, 0.1) is 9.50 Å². The van der Waals surface area contributed by atoms with E-state index in [1.807, 2.05) is 35.7 Å². The molecule has 0 fully saturated rings. The number of halogens is 2. The van der Waals surface area contributed by atoms with Crippen molar-refractivity contribution in [3.05, 3.63) is 55.8 Å². The molecule has 1 atom stereocenters. The van der Waals surface area contributed by atoms with Crippen molar-refractivity contribution < 1.29 is 4.42 Å². The number of rotatable bonds is 3. The van der Waals surface area contributed by atoms with Crippen LogP contribution in [0.5, 0.6) is 0 Å². The summed E-state index contributed by atoms with van der Waals surface area (Å²) >= 11 is 11.2. The van der Waals surface area contributed by atoms with Gasteiger partial charge >= 0.3 is 0 Å². The lowest BCUT2D eigenvalue weighted by Crippen LogP contribution is -2.28. The fraction of sp³-hybridized carbons (Fsp3) is 0.0769. The minimum Gasteiger partial charge on any atom is -0.458 e. The molecule has 0 aliphatic heterocycles. The summed E-state index contributed by atoms with van der Waals surface area (Å²) in [5, 5.41) is 3.64. The zero-order valence-electron chi connectivity index (χ0n) is 9.69. The van der Waals surface area contributed by atoms with Gasteiger partial charge in [-0.3, -0.25) is 5.84 Å². The van der Waals surface area contributed by atoms with E-state index in [0.29, 0.717) is 5.02 Å². The van der Waals surface area contributed by atoms with Crippen LogP contribution in [0.2, 0.25) is 5.02 Å². The second kappa shape index (κ2) is 5.26. The number of nitrogens with two attached hydrogens (primary N) is 1. The first kappa shape index (κ1) is 13.1. The van der Waals surface area contributed by atoms with Gasteiger partial charge in [-0.15, -0.1) is 11.3 Å². The van der Waals surface area contributed by atoms with Gasteiger partial charge in [0.25, 0.3) is 0 Å². The van der Waals surface area contributed by atoms with Crippen molar-refractivity contribution in [1.82, 2.24) is 5.43 Å². The Morgan fingerprint density at radius 1 is 1.37 bits per heavy atom. The van der Waals surface area contributed by atoms with Crippen molar-refractivity contribution in [1.29, 1.82) is 0 Å². The first-order chi connectivity index (χ1) is 9.20. The van der Waals surface area contributed by atoms with E-state index in [1.54, 1.807) is 11.3 Å². The third-order valence-electron chi connectivity index (χ3n) is 2.87. The highest BCUT2D eigenvalue weighted by atomic mass is 79.9. The molecule has 3 aromatic rings. The Morgan fingerprint density at radius 2 is 2.21 bits per heavy atom. The molecule has 19 heavy (non-hydrogen) atoms. The Morgan fingerprint density at radius 3 is 2.84 bits per heavy atom. The second-order valence-electron chi connectivity index (χ2n) is 4.04. The minimum absolute atomic E-state index is 0.244. The fourth-order valence-electron chi connectivity index (χ4n) is 1.99. The number of furan rings is 1. The summed E-state index contributed by atoms with van der Waals surface area (Å²) in [6.07, 6.45) is 0. The molecule has 1 aromatic carbocycles. The molecule has 0 spiro atoms. The molecule has 3 nitrogen and oxygen atoms in total. The lowest BCUT2D eigenvalue weighted by atomic mass is 10.2. The van der Waals surface area contributed by atoms with E-state index in [4.69, 9.17) is 21.9 Å². The van der Waals surface area contributed by atoms with Gasteiger partial charge in [-0.1, -0.05) is 23.7 Å². The van der Waals surface area contributed by atoms with Crippen LogP contribution in [-0.2, 0) is 0 Å². The summed E-state index contributed by atoms with van der Waals surface area (Å²) in [4.78, 5) is 0.944. The molecule has 0 saturated heterocycles. The monoisotopic (exact) mass is 356 g/mol. The largest absolute Gasteiger partial charge is 0.458 e. The van der Waals surface area contributed by atoms with Gasteiger partial charge in [-0.05, 0) is 39.5 Å². The summed E-state index contributed by atoms with van der Waals surface area (Å²) in [6, 6.07) is 9.49. The standard InChI is InChI=1S/C13H10BrClN2OS/c14-8-3-1-2-7-6-10(18-12(7)8)11(17-16)13-9(15)4-5-19-13/h1-6,11,17H,16H2. The van der Waals surface area contributed by atoms with Crippen LogP contribution in [0.15, 0.2) is 44.6 Å². The van der Waals surface area contributed by atoms with Crippen molar-refractivity contribution in [2.24, 2.45) is 5.84 Å². The first-order valence-corrected chi connectivity index (χ1v) is 7.62. The van der Waals surface area contributed by atoms with Gasteiger partial charge in [0, 0.05) is 10.3 Å². The molecular weight excluding hydrogens is 348 g/mol. The van der Waals surface area contributed by atoms with Gasteiger partial charge < -0.3 is 4.42 Å². The number of para-hydroxylation sites is 1. The zero-order chi connectivity index (χ0) is 13.4. The molecule has 0 aliphatic carbocycles. The van der Waals surface area contributed by atoms with Gasteiger partial charge in [-0.2, -0.15) is 0 Å². The summed E-state index contributed by atoms with van der Waals surface area (Å²) in [6.45, 7) is 0.